The van der Waals surface area contributed by atoms with E-state index in [1.54, 1.807) is 0 Å². The van der Waals surface area contributed by atoms with E-state index in [1.165, 1.54) is 11.1 Å². The summed E-state index contributed by atoms with van der Waals surface area (Å²) < 4.78 is 5.37. The van der Waals surface area contributed by atoms with Crippen LogP contribution in [0, 0.1) is 13.8 Å². The lowest BCUT2D eigenvalue weighted by Gasteiger charge is -2.34. The Balaban J connectivity index is 1.37. The molecule has 51 heavy (non-hydrogen) atoms. The van der Waals surface area contributed by atoms with E-state index in [2.05, 4.69) is 134 Å². The molecular weight excluding hydrogens is 645 g/mol. The summed E-state index contributed by atoms with van der Waals surface area (Å²) in [6, 6.07) is 63.6. The Morgan fingerprint density at radius 2 is 0.765 bits per heavy atom. The maximum atomic E-state index is 14.3. The summed E-state index contributed by atoms with van der Waals surface area (Å²) in [6.07, 6.45) is 0. The maximum absolute atomic E-state index is 14.3. The zero-order valence-corrected chi connectivity index (χ0v) is 29.5. The first kappa shape index (κ1) is 33.5. The van der Waals surface area contributed by atoms with Crippen LogP contribution in [0.25, 0.3) is 0 Å². The zero-order valence-electron chi connectivity index (χ0n) is 28.6. The summed E-state index contributed by atoms with van der Waals surface area (Å²) >= 11 is 4.11. The van der Waals surface area contributed by atoms with Crippen LogP contribution < -0.4 is 9.80 Å². The van der Waals surface area contributed by atoms with Gasteiger partial charge in [0.05, 0.1) is 0 Å². The SMILES string of the molecule is Cc1cccc(N(c2ccccc2)c2ccc(C(C(=O)OS)(c3ccccc3)c3ccc(N(c4ccccc4)c4cccc(C)c4)cc3)cc2)c1. The van der Waals surface area contributed by atoms with Crippen LogP contribution in [-0.4, -0.2) is 5.97 Å². The van der Waals surface area contributed by atoms with Crippen LogP contribution in [0.5, 0.6) is 0 Å². The highest BCUT2D eigenvalue weighted by molar-refractivity contribution is 7.75. The molecule has 0 radical (unpaired) electrons. The predicted octanol–water partition coefficient (Wildman–Crippen LogP) is 12.0. The molecule has 0 fully saturated rings. The van der Waals surface area contributed by atoms with Gasteiger partial charge in [-0.15, -0.1) is 0 Å². The van der Waals surface area contributed by atoms with Crippen molar-refractivity contribution in [1.29, 1.82) is 0 Å². The molecule has 250 valence electrons. The molecule has 0 aliphatic carbocycles. The summed E-state index contributed by atoms with van der Waals surface area (Å²) in [5.41, 5.74) is 9.42. The fraction of sp³-hybridized carbons (Fsp3) is 0.0652. The first-order chi connectivity index (χ1) is 25.0. The molecule has 7 aromatic rings. The van der Waals surface area contributed by atoms with Crippen molar-refractivity contribution in [2.24, 2.45) is 0 Å². The number of carbonyl (C=O) groups is 1. The van der Waals surface area contributed by atoms with Gasteiger partial charge < -0.3 is 14.0 Å². The fourth-order valence-corrected chi connectivity index (χ4v) is 7.05. The molecule has 0 aliphatic rings. The number of benzene rings is 7. The highest BCUT2D eigenvalue weighted by Crippen LogP contribution is 2.44. The number of para-hydroxylation sites is 2. The van der Waals surface area contributed by atoms with E-state index in [9.17, 15) is 4.79 Å². The van der Waals surface area contributed by atoms with E-state index < -0.39 is 11.4 Å². The maximum Gasteiger partial charge on any atom is 0.337 e. The van der Waals surface area contributed by atoms with Gasteiger partial charge in [0.2, 0.25) is 0 Å². The minimum atomic E-state index is -1.30. The molecule has 0 aliphatic heterocycles. The van der Waals surface area contributed by atoms with Gasteiger partial charge in [-0.05, 0) is 114 Å². The largest absolute Gasteiger partial charge is 0.393 e. The van der Waals surface area contributed by atoms with E-state index in [-0.39, 0.29) is 0 Å². The number of aryl methyl sites for hydroxylation is 2. The minimum absolute atomic E-state index is 0.491. The van der Waals surface area contributed by atoms with Gasteiger partial charge in [0.25, 0.3) is 0 Å². The number of nitrogens with zero attached hydrogens (tertiary/aromatic N) is 2. The summed E-state index contributed by atoms with van der Waals surface area (Å²) in [5.74, 6) is -0.491. The molecule has 0 aromatic heterocycles. The molecule has 0 atom stereocenters. The summed E-state index contributed by atoms with van der Waals surface area (Å²) in [6.45, 7) is 4.19. The Bertz CT molecular complexity index is 2090. The van der Waals surface area contributed by atoms with E-state index in [0.717, 1.165) is 50.8 Å². The van der Waals surface area contributed by atoms with Crippen molar-refractivity contribution >= 4 is 53.0 Å². The molecule has 4 nitrogen and oxygen atoms in total. The molecule has 0 saturated carbocycles. The van der Waals surface area contributed by atoms with Gasteiger partial charge in [-0.3, -0.25) is 0 Å². The topological polar surface area (TPSA) is 32.8 Å². The highest BCUT2D eigenvalue weighted by atomic mass is 32.1. The number of anilines is 6. The Morgan fingerprint density at radius 3 is 1.14 bits per heavy atom. The number of hydrogen-bond acceptors (Lipinski definition) is 5. The van der Waals surface area contributed by atoms with Crippen LogP contribution in [-0.2, 0) is 14.4 Å². The van der Waals surface area contributed by atoms with Crippen LogP contribution in [0.15, 0.2) is 188 Å². The predicted molar refractivity (Wildman–Crippen MR) is 213 cm³/mol. The molecule has 0 N–H and O–H groups in total. The van der Waals surface area contributed by atoms with Gasteiger partial charge in [0, 0.05) is 47.0 Å². The minimum Gasteiger partial charge on any atom is -0.393 e. The second-order valence-corrected chi connectivity index (χ2v) is 12.8. The van der Waals surface area contributed by atoms with Gasteiger partial charge in [0.1, 0.15) is 5.41 Å². The van der Waals surface area contributed by atoms with Crippen LogP contribution in [0.2, 0.25) is 0 Å². The Labute approximate surface area is 305 Å². The average Bonchev–Trinajstić information content (AvgIpc) is 3.18. The Morgan fingerprint density at radius 1 is 0.431 bits per heavy atom. The summed E-state index contributed by atoms with van der Waals surface area (Å²) in [5, 5.41) is 0. The first-order valence-electron chi connectivity index (χ1n) is 16.9. The molecule has 5 heteroatoms. The molecule has 0 heterocycles. The van der Waals surface area contributed by atoms with Crippen molar-refractivity contribution < 1.29 is 8.98 Å². The standard InChI is InChI=1S/C46H38N2O2S/c1-34-14-12-22-43(32-34)47(39-18-8-4-9-19-39)41-28-24-37(25-29-41)46(45(49)50-51,36-16-6-3-7-17-36)38-26-30-42(31-27-38)48(40-20-10-5-11-21-40)44-23-13-15-35(2)33-44/h3-33,51H,1-2H3. The normalized spacial score (nSPS) is 11.1. The smallest absolute Gasteiger partial charge is 0.337 e. The van der Waals surface area contributed by atoms with Gasteiger partial charge in [0.15, 0.2) is 0 Å². The number of carbonyl (C=O) groups excluding carboxylic acids is 1. The fourth-order valence-electron chi connectivity index (χ4n) is 6.91. The van der Waals surface area contributed by atoms with Crippen molar-refractivity contribution in [2.45, 2.75) is 19.3 Å². The molecule has 0 bridgehead atoms. The van der Waals surface area contributed by atoms with Crippen molar-refractivity contribution in [1.82, 2.24) is 0 Å². The molecule has 0 saturated heterocycles. The summed E-state index contributed by atoms with van der Waals surface area (Å²) in [4.78, 5) is 18.8. The first-order valence-corrected chi connectivity index (χ1v) is 17.3. The van der Waals surface area contributed by atoms with Crippen molar-refractivity contribution in [3.05, 3.63) is 216 Å². The lowest BCUT2D eigenvalue weighted by atomic mass is 9.69. The quantitative estimate of drug-likeness (QED) is 0.0884. The van der Waals surface area contributed by atoms with Gasteiger partial charge in [-0.1, -0.05) is 115 Å². The van der Waals surface area contributed by atoms with Gasteiger partial charge in [-0.2, -0.15) is 0 Å². The average molecular weight is 683 g/mol. The van der Waals surface area contributed by atoms with Gasteiger partial charge in [-0.25, -0.2) is 4.79 Å². The lowest BCUT2D eigenvalue weighted by Crippen LogP contribution is -2.39. The van der Waals surface area contributed by atoms with Crippen LogP contribution >= 0.6 is 12.9 Å². The van der Waals surface area contributed by atoms with Crippen LogP contribution in [0.4, 0.5) is 34.1 Å². The zero-order chi connectivity index (χ0) is 35.2. The van der Waals surface area contributed by atoms with Crippen LogP contribution in [0.1, 0.15) is 27.8 Å². The van der Waals surface area contributed by atoms with Gasteiger partial charge >= 0.3 is 5.97 Å². The third kappa shape index (κ3) is 6.64. The number of hydrogen-bond donors (Lipinski definition) is 1. The van der Waals surface area contributed by atoms with E-state index in [4.69, 9.17) is 4.18 Å². The molecule has 0 amide bonds. The van der Waals surface area contributed by atoms with E-state index in [1.807, 2.05) is 91.0 Å². The second kappa shape index (κ2) is 14.8. The monoisotopic (exact) mass is 682 g/mol. The highest BCUT2D eigenvalue weighted by Gasteiger charge is 2.45. The van der Waals surface area contributed by atoms with E-state index in [0.29, 0.717) is 0 Å². The Kier molecular flexibility index (Phi) is 9.73. The van der Waals surface area contributed by atoms with Crippen molar-refractivity contribution in [2.75, 3.05) is 9.80 Å². The molecular formula is C46H38N2O2S. The third-order valence-electron chi connectivity index (χ3n) is 9.26. The third-order valence-corrected chi connectivity index (χ3v) is 9.43. The van der Waals surface area contributed by atoms with Crippen molar-refractivity contribution in [3.63, 3.8) is 0 Å². The van der Waals surface area contributed by atoms with Crippen LogP contribution in [0.3, 0.4) is 0 Å². The second-order valence-electron chi connectivity index (χ2n) is 12.6. The lowest BCUT2D eigenvalue weighted by molar-refractivity contribution is -0.136. The Hall–Kier alpha value is -6.04. The number of rotatable bonds is 10. The number of thiol groups is 1. The van der Waals surface area contributed by atoms with Crippen molar-refractivity contribution in [3.8, 4) is 0 Å². The molecule has 0 unspecified atom stereocenters. The molecule has 7 aromatic carbocycles. The summed E-state index contributed by atoms with van der Waals surface area (Å²) in [7, 11) is 0. The molecule has 0 spiro atoms. The van der Waals surface area contributed by atoms with E-state index >= 15 is 0 Å². The molecule has 7 rings (SSSR count).